The zero-order chi connectivity index (χ0) is 11.5. The number of nitrogens with zero attached hydrogens (tertiary/aromatic N) is 2. The van der Waals surface area contributed by atoms with Crippen molar-refractivity contribution in [1.82, 2.24) is 14.9 Å². The number of nitrogens with one attached hydrogen (secondary N) is 1. The molecule has 0 radical (unpaired) electrons. The van der Waals surface area contributed by atoms with Crippen LogP contribution in [0.1, 0.15) is 25.6 Å². The van der Waals surface area contributed by atoms with Gasteiger partial charge in [0, 0.05) is 19.7 Å². The van der Waals surface area contributed by atoms with E-state index in [1.165, 1.54) is 0 Å². The fourth-order valence-electron chi connectivity index (χ4n) is 1.93. The zero-order valence-corrected chi connectivity index (χ0v) is 10.5. The lowest BCUT2D eigenvalue weighted by atomic mass is 9.89. The molecule has 4 nitrogen and oxygen atoms in total. The molecule has 0 aliphatic heterocycles. The van der Waals surface area contributed by atoms with Crippen molar-refractivity contribution in [3.63, 3.8) is 0 Å². The van der Waals surface area contributed by atoms with Gasteiger partial charge < -0.3 is 14.6 Å². The van der Waals surface area contributed by atoms with E-state index in [0.29, 0.717) is 17.3 Å². The number of ether oxygens (including phenoxy) is 1. The topological polar surface area (TPSA) is 39.1 Å². The van der Waals surface area contributed by atoms with E-state index in [1.807, 2.05) is 18.5 Å². The normalized spacial score (nSPS) is 24.4. The van der Waals surface area contributed by atoms with Gasteiger partial charge in [-0.15, -0.1) is 0 Å². The van der Waals surface area contributed by atoms with Crippen LogP contribution in [0.25, 0.3) is 0 Å². The van der Waals surface area contributed by atoms with Crippen molar-refractivity contribution in [2.75, 3.05) is 6.61 Å². The zero-order valence-electron chi connectivity index (χ0n) is 9.74. The first-order valence-corrected chi connectivity index (χ1v) is 6.09. The number of hydrogen-bond donors (Lipinski definition) is 1. The molecule has 1 fully saturated rings. The molecule has 5 heteroatoms. The van der Waals surface area contributed by atoms with Gasteiger partial charge in [-0.05, 0) is 19.8 Å². The van der Waals surface area contributed by atoms with E-state index in [4.69, 9.17) is 16.3 Å². The monoisotopic (exact) mass is 243 g/mol. The summed E-state index contributed by atoms with van der Waals surface area (Å²) in [5.74, 6) is 0.977. The van der Waals surface area contributed by atoms with Crippen molar-refractivity contribution >= 4 is 11.6 Å². The van der Waals surface area contributed by atoms with E-state index in [0.717, 1.165) is 31.8 Å². The van der Waals surface area contributed by atoms with Gasteiger partial charge >= 0.3 is 0 Å². The predicted octanol–water partition coefficient (Wildman–Crippen LogP) is 1.73. The molecule has 1 saturated carbocycles. The molecule has 0 unspecified atom stereocenters. The molecular formula is C11H18ClN3O. The maximum absolute atomic E-state index is 5.91. The first-order chi connectivity index (χ1) is 7.70. The van der Waals surface area contributed by atoms with Crippen LogP contribution in [-0.4, -0.2) is 28.3 Å². The highest BCUT2D eigenvalue weighted by Gasteiger charge is 2.29. The Morgan fingerprint density at radius 2 is 2.38 bits per heavy atom. The van der Waals surface area contributed by atoms with Gasteiger partial charge in [-0.1, -0.05) is 11.6 Å². The molecule has 1 aromatic heterocycles. The molecule has 0 amide bonds. The van der Waals surface area contributed by atoms with E-state index in [1.54, 1.807) is 6.20 Å². The Labute approximate surface area is 101 Å². The van der Waals surface area contributed by atoms with E-state index in [9.17, 15) is 0 Å². The van der Waals surface area contributed by atoms with Gasteiger partial charge in [-0.3, -0.25) is 0 Å². The van der Waals surface area contributed by atoms with Crippen LogP contribution in [0.4, 0.5) is 0 Å². The van der Waals surface area contributed by atoms with Crippen molar-refractivity contribution in [1.29, 1.82) is 0 Å². The third-order valence-electron chi connectivity index (χ3n) is 3.07. The van der Waals surface area contributed by atoms with Gasteiger partial charge in [0.25, 0.3) is 0 Å². The molecule has 0 aromatic carbocycles. The average molecular weight is 244 g/mol. The molecule has 2 rings (SSSR count). The summed E-state index contributed by atoms with van der Waals surface area (Å²) in [6.45, 7) is 3.62. The first kappa shape index (κ1) is 11.9. The highest BCUT2D eigenvalue weighted by molar-refractivity contribution is 6.29. The van der Waals surface area contributed by atoms with Gasteiger partial charge in [0.05, 0.1) is 18.8 Å². The molecule has 1 N–H and O–H groups in total. The first-order valence-electron chi connectivity index (χ1n) is 5.71. The smallest absolute Gasteiger partial charge is 0.128 e. The number of aromatic nitrogens is 2. The van der Waals surface area contributed by atoms with Crippen LogP contribution in [-0.2, 0) is 18.3 Å². The van der Waals surface area contributed by atoms with E-state index < -0.39 is 0 Å². The number of imidazole rings is 1. The van der Waals surface area contributed by atoms with Gasteiger partial charge in [-0.2, -0.15) is 0 Å². The van der Waals surface area contributed by atoms with Gasteiger partial charge in [0.15, 0.2) is 0 Å². The Morgan fingerprint density at radius 3 is 2.94 bits per heavy atom. The largest absolute Gasteiger partial charge is 0.378 e. The standard InChI is InChI=1S/C11H18ClN3O/c1-3-16-9-4-8(5-9)13-7-11-14-6-10(12)15(11)2/h6,8-9,13H,3-5,7H2,1-2H3. The second kappa shape index (κ2) is 5.17. The average Bonchev–Trinajstić information content (AvgIpc) is 2.52. The fraction of sp³-hybridized carbons (Fsp3) is 0.727. The Bertz CT molecular complexity index is 347. The van der Waals surface area contributed by atoms with Gasteiger partial charge in [-0.25, -0.2) is 4.98 Å². The molecule has 90 valence electrons. The summed E-state index contributed by atoms with van der Waals surface area (Å²) in [6, 6.07) is 0.562. The van der Waals surface area contributed by atoms with Crippen molar-refractivity contribution < 1.29 is 4.74 Å². The van der Waals surface area contributed by atoms with Crippen LogP contribution in [0, 0.1) is 0 Å². The Kier molecular flexibility index (Phi) is 3.84. The van der Waals surface area contributed by atoms with E-state index in [2.05, 4.69) is 10.3 Å². The molecule has 16 heavy (non-hydrogen) atoms. The summed E-state index contributed by atoms with van der Waals surface area (Å²) in [5, 5.41) is 4.13. The van der Waals surface area contributed by atoms with Crippen molar-refractivity contribution in [3.8, 4) is 0 Å². The van der Waals surface area contributed by atoms with Crippen LogP contribution in [0.5, 0.6) is 0 Å². The summed E-state index contributed by atoms with van der Waals surface area (Å²) in [6.07, 6.45) is 4.34. The molecule has 1 aliphatic rings. The van der Waals surface area contributed by atoms with Crippen LogP contribution >= 0.6 is 11.6 Å². The Morgan fingerprint density at radius 1 is 1.62 bits per heavy atom. The SMILES string of the molecule is CCOC1CC(NCc2ncc(Cl)n2C)C1. The second-order valence-corrected chi connectivity index (χ2v) is 4.57. The van der Waals surface area contributed by atoms with E-state index >= 15 is 0 Å². The quantitative estimate of drug-likeness (QED) is 0.856. The van der Waals surface area contributed by atoms with Gasteiger partial charge in [0.2, 0.25) is 0 Å². The van der Waals surface area contributed by atoms with E-state index in [-0.39, 0.29) is 0 Å². The van der Waals surface area contributed by atoms with Crippen LogP contribution in [0.3, 0.4) is 0 Å². The molecule has 1 aliphatic carbocycles. The minimum absolute atomic E-state index is 0.451. The lowest BCUT2D eigenvalue weighted by Gasteiger charge is -2.35. The number of rotatable bonds is 5. The molecule has 0 bridgehead atoms. The van der Waals surface area contributed by atoms with Gasteiger partial charge in [0.1, 0.15) is 11.0 Å². The molecule has 0 spiro atoms. The second-order valence-electron chi connectivity index (χ2n) is 4.18. The minimum atomic E-state index is 0.451. The summed E-state index contributed by atoms with van der Waals surface area (Å²) in [7, 11) is 1.93. The summed E-state index contributed by atoms with van der Waals surface area (Å²) < 4.78 is 7.40. The maximum atomic E-state index is 5.91. The number of halogens is 1. The Balaban J connectivity index is 1.71. The number of hydrogen-bond acceptors (Lipinski definition) is 3. The minimum Gasteiger partial charge on any atom is -0.378 e. The molecule has 1 heterocycles. The summed E-state index contributed by atoms with van der Waals surface area (Å²) in [4.78, 5) is 4.24. The lowest BCUT2D eigenvalue weighted by molar-refractivity contribution is -0.0104. The Hall–Kier alpha value is -0.580. The molecule has 0 saturated heterocycles. The third kappa shape index (κ3) is 2.56. The lowest BCUT2D eigenvalue weighted by Crippen LogP contribution is -2.45. The summed E-state index contributed by atoms with van der Waals surface area (Å²) >= 11 is 5.91. The fourth-order valence-corrected chi connectivity index (χ4v) is 2.07. The van der Waals surface area contributed by atoms with Crippen molar-refractivity contribution in [2.24, 2.45) is 7.05 Å². The van der Waals surface area contributed by atoms with Crippen molar-refractivity contribution in [3.05, 3.63) is 17.2 Å². The highest BCUT2D eigenvalue weighted by Crippen LogP contribution is 2.23. The summed E-state index contributed by atoms with van der Waals surface area (Å²) in [5.41, 5.74) is 0. The molecular weight excluding hydrogens is 226 g/mol. The maximum Gasteiger partial charge on any atom is 0.128 e. The van der Waals surface area contributed by atoms with Crippen LogP contribution in [0.15, 0.2) is 6.20 Å². The van der Waals surface area contributed by atoms with Crippen LogP contribution in [0.2, 0.25) is 5.15 Å². The third-order valence-corrected chi connectivity index (χ3v) is 3.42. The molecule has 1 aromatic rings. The molecule has 0 atom stereocenters. The highest BCUT2D eigenvalue weighted by atomic mass is 35.5. The van der Waals surface area contributed by atoms with Crippen LogP contribution < -0.4 is 5.32 Å². The van der Waals surface area contributed by atoms with Crippen molar-refractivity contribution in [2.45, 2.75) is 38.5 Å². The predicted molar refractivity (Wildman–Crippen MR) is 63.5 cm³/mol.